The van der Waals surface area contributed by atoms with Gasteiger partial charge in [0.15, 0.2) is 17.0 Å². The number of phenolic OH excluding ortho intramolecular Hbond substituents is 2. The first kappa shape index (κ1) is 13.2. The van der Waals surface area contributed by atoms with E-state index in [1.165, 1.54) is 25.1 Å². The summed E-state index contributed by atoms with van der Waals surface area (Å²) in [5.41, 5.74) is 0.436. The van der Waals surface area contributed by atoms with Crippen LogP contribution in [0.25, 0.3) is 22.3 Å². The van der Waals surface area contributed by atoms with Crippen LogP contribution in [0, 0.1) is 12.7 Å². The third-order valence-corrected chi connectivity index (χ3v) is 3.33. The van der Waals surface area contributed by atoms with E-state index in [1.807, 2.05) is 0 Å². The smallest absolute Gasteiger partial charge is 0.199 e. The van der Waals surface area contributed by atoms with Gasteiger partial charge < -0.3 is 14.6 Å². The Balaban J connectivity index is 2.36. The molecule has 0 bridgehead atoms. The molecule has 0 atom stereocenters. The van der Waals surface area contributed by atoms with Gasteiger partial charge in [-0.25, -0.2) is 4.39 Å². The fourth-order valence-electron chi connectivity index (χ4n) is 2.23. The van der Waals surface area contributed by atoms with Crippen molar-refractivity contribution in [2.24, 2.45) is 0 Å². The van der Waals surface area contributed by atoms with Crippen LogP contribution in [0.2, 0.25) is 0 Å². The summed E-state index contributed by atoms with van der Waals surface area (Å²) in [6, 6.07) is 8.25. The van der Waals surface area contributed by atoms with Gasteiger partial charge in [-0.05, 0) is 37.3 Å². The lowest BCUT2D eigenvalue weighted by atomic mass is 10.0. The van der Waals surface area contributed by atoms with Crippen LogP contribution >= 0.6 is 0 Å². The zero-order chi connectivity index (χ0) is 15.1. The number of fused-ring (bicyclic) bond motifs is 1. The van der Waals surface area contributed by atoms with Crippen LogP contribution in [-0.4, -0.2) is 10.2 Å². The van der Waals surface area contributed by atoms with E-state index in [4.69, 9.17) is 4.42 Å². The Morgan fingerprint density at radius 1 is 1.10 bits per heavy atom. The predicted octanol–water partition coefficient (Wildman–Crippen LogP) is 3.32. The minimum atomic E-state index is -0.800. The van der Waals surface area contributed by atoms with Crippen molar-refractivity contribution in [2.45, 2.75) is 6.92 Å². The molecular formula is C16H11FO4. The van der Waals surface area contributed by atoms with E-state index in [9.17, 15) is 19.4 Å². The monoisotopic (exact) mass is 286 g/mol. The highest BCUT2D eigenvalue weighted by molar-refractivity contribution is 5.85. The van der Waals surface area contributed by atoms with Crippen LogP contribution in [0.3, 0.4) is 0 Å². The van der Waals surface area contributed by atoms with Gasteiger partial charge in [0.2, 0.25) is 0 Å². The molecule has 106 valence electrons. The average molecular weight is 286 g/mol. The summed E-state index contributed by atoms with van der Waals surface area (Å²) in [6.45, 7) is 1.54. The van der Waals surface area contributed by atoms with Gasteiger partial charge in [0.1, 0.15) is 22.5 Å². The summed E-state index contributed by atoms with van der Waals surface area (Å²) < 4.78 is 19.1. The SMILES string of the molecule is Cc1c(-c2ccc(O)c(F)c2)oc2cccc(O)c2c1=O. The summed E-state index contributed by atoms with van der Waals surface area (Å²) in [5, 5.41) is 19.1. The van der Waals surface area contributed by atoms with Crippen molar-refractivity contribution in [1.29, 1.82) is 0 Å². The molecule has 0 radical (unpaired) electrons. The van der Waals surface area contributed by atoms with Gasteiger partial charge in [-0.1, -0.05) is 6.07 Å². The van der Waals surface area contributed by atoms with Crippen molar-refractivity contribution >= 4 is 11.0 Å². The fraction of sp³-hybridized carbons (Fsp3) is 0.0625. The van der Waals surface area contributed by atoms with E-state index >= 15 is 0 Å². The lowest BCUT2D eigenvalue weighted by molar-refractivity contribution is 0.432. The lowest BCUT2D eigenvalue weighted by Gasteiger charge is -2.08. The van der Waals surface area contributed by atoms with Gasteiger partial charge in [-0.2, -0.15) is 0 Å². The van der Waals surface area contributed by atoms with E-state index < -0.39 is 11.6 Å². The summed E-state index contributed by atoms with van der Waals surface area (Å²) >= 11 is 0. The van der Waals surface area contributed by atoms with E-state index in [0.29, 0.717) is 5.56 Å². The number of aromatic hydroxyl groups is 2. The second kappa shape index (κ2) is 4.63. The Labute approximate surface area is 118 Å². The first-order chi connectivity index (χ1) is 9.99. The summed E-state index contributed by atoms with van der Waals surface area (Å²) in [6.07, 6.45) is 0. The molecule has 0 saturated carbocycles. The van der Waals surface area contributed by atoms with Crippen LogP contribution < -0.4 is 5.43 Å². The molecule has 21 heavy (non-hydrogen) atoms. The molecule has 5 heteroatoms. The lowest BCUT2D eigenvalue weighted by Crippen LogP contribution is -2.07. The number of halogens is 1. The molecule has 4 nitrogen and oxygen atoms in total. The molecule has 1 heterocycles. The van der Waals surface area contributed by atoms with Crippen molar-refractivity contribution in [3.05, 3.63) is 58.0 Å². The van der Waals surface area contributed by atoms with Gasteiger partial charge in [-0.3, -0.25) is 4.79 Å². The molecular weight excluding hydrogens is 275 g/mol. The van der Waals surface area contributed by atoms with Crippen molar-refractivity contribution < 1.29 is 19.0 Å². The standard InChI is InChI=1S/C16H11FO4/c1-8-15(20)14-12(19)3-2-4-13(14)21-16(8)9-5-6-11(18)10(17)7-9/h2-7,18-19H,1H3. The maximum atomic E-state index is 13.5. The Bertz CT molecular complexity index is 912. The largest absolute Gasteiger partial charge is 0.507 e. The minimum absolute atomic E-state index is 0.0954. The Kier molecular flexibility index (Phi) is 2.90. The average Bonchev–Trinajstić information content (AvgIpc) is 2.46. The van der Waals surface area contributed by atoms with Crippen LogP contribution in [0.1, 0.15) is 5.56 Å². The molecule has 0 aliphatic heterocycles. The van der Waals surface area contributed by atoms with E-state index in [1.54, 1.807) is 12.1 Å². The maximum absolute atomic E-state index is 13.5. The Morgan fingerprint density at radius 3 is 2.57 bits per heavy atom. The summed E-state index contributed by atoms with van der Waals surface area (Å²) in [7, 11) is 0. The maximum Gasteiger partial charge on any atom is 0.199 e. The molecule has 2 aromatic carbocycles. The minimum Gasteiger partial charge on any atom is -0.507 e. The molecule has 0 aliphatic rings. The van der Waals surface area contributed by atoms with Gasteiger partial charge >= 0.3 is 0 Å². The number of benzene rings is 2. The first-order valence-electron chi connectivity index (χ1n) is 6.23. The molecule has 0 amide bonds. The molecule has 3 aromatic rings. The summed E-state index contributed by atoms with van der Waals surface area (Å²) in [5.74, 6) is -1.23. The van der Waals surface area contributed by atoms with Crippen molar-refractivity contribution in [2.75, 3.05) is 0 Å². The topological polar surface area (TPSA) is 70.7 Å². The normalized spacial score (nSPS) is 11.0. The van der Waals surface area contributed by atoms with Crippen molar-refractivity contribution in [3.8, 4) is 22.8 Å². The second-order valence-corrected chi connectivity index (χ2v) is 4.70. The predicted molar refractivity (Wildman–Crippen MR) is 75.9 cm³/mol. The Morgan fingerprint density at radius 2 is 1.86 bits per heavy atom. The van der Waals surface area contributed by atoms with E-state index in [2.05, 4.69) is 0 Å². The van der Waals surface area contributed by atoms with Crippen LogP contribution in [-0.2, 0) is 0 Å². The number of hydrogen-bond acceptors (Lipinski definition) is 4. The molecule has 0 unspecified atom stereocenters. The number of phenols is 2. The van der Waals surface area contributed by atoms with Crippen molar-refractivity contribution in [1.82, 2.24) is 0 Å². The van der Waals surface area contributed by atoms with Gasteiger partial charge in [-0.15, -0.1) is 0 Å². The van der Waals surface area contributed by atoms with Gasteiger partial charge in [0.05, 0.1) is 0 Å². The highest BCUT2D eigenvalue weighted by Gasteiger charge is 2.16. The van der Waals surface area contributed by atoms with Gasteiger partial charge in [0, 0.05) is 11.1 Å². The highest BCUT2D eigenvalue weighted by Crippen LogP contribution is 2.30. The summed E-state index contributed by atoms with van der Waals surface area (Å²) in [4.78, 5) is 12.3. The van der Waals surface area contributed by atoms with E-state index in [0.717, 1.165) is 6.07 Å². The first-order valence-corrected chi connectivity index (χ1v) is 6.23. The molecule has 2 N–H and O–H groups in total. The number of rotatable bonds is 1. The number of hydrogen-bond donors (Lipinski definition) is 2. The highest BCUT2D eigenvalue weighted by atomic mass is 19.1. The molecule has 0 spiro atoms. The molecule has 0 fully saturated rings. The van der Waals surface area contributed by atoms with Crippen LogP contribution in [0.5, 0.6) is 11.5 Å². The quantitative estimate of drug-likeness (QED) is 0.720. The third-order valence-electron chi connectivity index (χ3n) is 3.33. The molecule has 0 aliphatic carbocycles. The fourth-order valence-corrected chi connectivity index (χ4v) is 2.23. The van der Waals surface area contributed by atoms with Crippen LogP contribution in [0.4, 0.5) is 4.39 Å². The second-order valence-electron chi connectivity index (χ2n) is 4.70. The third kappa shape index (κ3) is 2.03. The molecule has 3 rings (SSSR count). The van der Waals surface area contributed by atoms with Crippen molar-refractivity contribution in [3.63, 3.8) is 0 Å². The molecule has 0 saturated heterocycles. The Hall–Kier alpha value is -2.82. The van der Waals surface area contributed by atoms with Gasteiger partial charge in [0.25, 0.3) is 0 Å². The van der Waals surface area contributed by atoms with E-state index in [-0.39, 0.29) is 33.5 Å². The van der Waals surface area contributed by atoms with Crippen LogP contribution in [0.15, 0.2) is 45.6 Å². The molecule has 1 aromatic heterocycles. The zero-order valence-corrected chi connectivity index (χ0v) is 11.1. The zero-order valence-electron chi connectivity index (χ0n) is 11.1.